The molecule has 2 nitrogen and oxygen atoms in total. The molecule has 1 aromatic rings. The maximum Gasteiger partial charge on any atom is 0.124 e. The van der Waals surface area contributed by atoms with Gasteiger partial charge in [0, 0.05) is 18.2 Å². The van der Waals surface area contributed by atoms with Crippen LogP contribution in [0.15, 0.2) is 36.9 Å². The van der Waals surface area contributed by atoms with Crippen LogP contribution in [0.5, 0.6) is 5.75 Å². The van der Waals surface area contributed by atoms with E-state index in [1.165, 1.54) is 5.56 Å². The second-order valence-electron chi connectivity index (χ2n) is 4.62. The van der Waals surface area contributed by atoms with Gasteiger partial charge in [-0.05, 0) is 18.9 Å². The maximum absolute atomic E-state index is 5.62. The van der Waals surface area contributed by atoms with Gasteiger partial charge in [-0.15, -0.1) is 0 Å². The van der Waals surface area contributed by atoms with Crippen molar-refractivity contribution in [1.29, 1.82) is 0 Å². The lowest BCUT2D eigenvalue weighted by Crippen LogP contribution is -2.30. The quantitative estimate of drug-likeness (QED) is 0.729. The summed E-state index contributed by atoms with van der Waals surface area (Å²) >= 11 is 0. The van der Waals surface area contributed by atoms with E-state index in [1.54, 1.807) is 6.08 Å². The van der Waals surface area contributed by atoms with Gasteiger partial charge in [0.15, 0.2) is 0 Å². The minimum atomic E-state index is 0.502. The van der Waals surface area contributed by atoms with E-state index in [1.807, 2.05) is 18.2 Å². The molecule has 0 saturated carbocycles. The third kappa shape index (κ3) is 4.61. The molecule has 0 bridgehead atoms. The van der Waals surface area contributed by atoms with Crippen LogP contribution in [0.4, 0.5) is 0 Å². The molecule has 0 amide bonds. The van der Waals surface area contributed by atoms with Gasteiger partial charge in [-0.25, -0.2) is 0 Å². The molecule has 0 aliphatic rings. The molecule has 17 heavy (non-hydrogen) atoms. The van der Waals surface area contributed by atoms with Crippen molar-refractivity contribution >= 4 is 0 Å². The van der Waals surface area contributed by atoms with Crippen LogP contribution in [-0.2, 0) is 6.54 Å². The van der Waals surface area contributed by atoms with Crippen LogP contribution in [0.2, 0.25) is 0 Å². The van der Waals surface area contributed by atoms with E-state index >= 15 is 0 Å². The fourth-order valence-electron chi connectivity index (χ4n) is 1.45. The second-order valence-corrected chi connectivity index (χ2v) is 4.62. The van der Waals surface area contributed by atoms with E-state index in [4.69, 9.17) is 4.74 Å². The summed E-state index contributed by atoms with van der Waals surface area (Å²) in [7, 11) is 0. The molecule has 0 aliphatic heterocycles. The predicted octanol–water partition coefficient (Wildman–Crippen LogP) is 3.39. The summed E-state index contributed by atoms with van der Waals surface area (Å²) in [6.45, 7) is 11.7. The third-order valence-corrected chi connectivity index (χ3v) is 2.94. The second kappa shape index (κ2) is 7.13. The zero-order valence-corrected chi connectivity index (χ0v) is 11.1. The van der Waals surface area contributed by atoms with Crippen LogP contribution in [0.1, 0.15) is 26.3 Å². The van der Waals surface area contributed by atoms with Gasteiger partial charge in [0.1, 0.15) is 12.4 Å². The smallest absolute Gasteiger partial charge is 0.124 e. The number of hydrogen-bond acceptors (Lipinski definition) is 2. The molecule has 0 aliphatic carbocycles. The minimum Gasteiger partial charge on any atom is -0.489 e. The summed E-state index contributed by atoms with van der Waals surface area (Å²) in [6, 6.07) is 8.63. The summed E-state index contributed by atoms with van der Waals surface area (Å²) < 4.78 is 5.62. The molecule has 0 spiro atoms. The van der Waals surface area contributed by atoms with Crippen LogP contribution < -0.4 is 10.1 Å². The van der Waals surface area contributed by atoms with Crippen LogP contribution in [0, 0.1) is 5.92 Å². The summed E-state index contributed by atoms with van der Waals surface area (Å²) in [4.78, 5) is 0. The first-order valence-corrected chi connectivity index (χ1v) is 6.20. The van der Waals surface area contributed by atoms with Gasteiger partial charge in [-0.3, -0.25) is 0 Å². The zero-order valence-electron chi connectivity index (χ0n) is 11.1. The standard InChI is InChI=1S/C15H23NO/c1-5-10-17-15-9-7-6-8-14(15)11-16-13(4)12(2)3/h5-9,12-13,16H,1,10-11H2,2-4H3. The first-order chi connectivity index (χ1) is 8.15. The lowest BCUT2D eigenvalue weighted by Gasteiger charge is -2.18. The molecular weight excluding hydrogens is 210 g/mol. The monoisotopic (exact) mass is 233 g/mol. The molecule has 1 aromatic carbocycles. The molecule has 0 heterocycles. The topological polar surface area (TPSA) is 21.3 Å². The number of ether oxygens (including phenoxy) is 1. The van der Waals surface area contributed by atoms with Crippen LogP contribution in [0.25, 0.3) is 0 Å². The molecule has 1 atom stereocenters. The molecule has 1 rings (SSSR count). The Balaban J connectivity index is 2.60. The Morgan fingerprint density at radius 2 is 2.00 bits per heavy atom. The van der Waals surface area contributed by atoms with E-state index in [2.05, 4.69) is 38.7 Å². The largest absolute Gasteiger partial charge is 0.489 e. The van der Waals surface area contributed by atoms with Crippen LogP contribution >= 0.6 is 0 Å². The third-order valence-electron chi connectivity index (χ3n) is 2.94. The molecule has 2 heteroatoms. The molecule has 0 aromatic heterocycles. The predicted molar refractivity (Wildman–Crippen MR) is 73.3 cm³/mol. The van der Waals surface area contributed by atoms with Crippen molar-refractivity contribution in [3.63, 3.8) is 0 Å². The van der Waals surface area contributed by atoms with Gasteiger partial charge in [0.2, 0.25) is 0 Å². The van der Waals surface area contributed by atoms with Gasteiger partial charge in [-0.1, -0.05) is 44.7 Å². The first kappa shape index (κ1) is 13.8. The van der Waals surface area contributed by atoms with Crippen LogP contribution in [0.3, 0.4) is 0 Å². The molecular formula is C15H23NO. The van der Waals surface area contributed by atoms with Gasteiger partial charge >= 0.3 is 0 Å². The number of rotatable bonds is 7. The average Bonchev–Trinajstić information content (AvgIpc) is 2.34. The number of nitrogens with one attached hydrogen (secondary N) is 1. The molecule has 1 unspecified atom stereocenters. The SMILES string of the molecule is C=CCOc1ccccc1CNC(C)C(C)C. The summed E-state index contributed by atoms with van der Waals surface area (Å²) in [5.41, 5.74) is 1.20. The average molecular weight is 233 g/mol. The van der Waals surface area contributed by atoms with Crippen molar-refractivity contribution in [3.05, 3.63) is 42.5 Å². The first-order valence-electron chi connectivity index (χ1n) is 6.20. The fraction of sp³-hybridized carbons (Fsp3) is 0.467. The van der Waals surface area contributed by atoms with Crippen molar-refractivity contribution in [2.24, 2.45) is 5.92 Å². The molecule has 0 radical (unpaired) electrons. The highest BCUT2D eigenvalue weighted by Gasteiger charge is 2.08. The molecule has 0 saturated heterocycles. The molecule has 0 fully saturated rings. The van der Waals surface area contributed by atoms with E-state index in [-0.39, 0.29) is 0 Å². The van der Waals surface area contributed by atoms with E-state index < -0.39 is 0 Å². The van der Waals surface area contributed by atoms with Gasteiger partial charge < -0.3 is 10.1 Å². The summed E-state index contributed by atoms with van der Waals surface area (Å²) in [6.07, 6.45) is 1.76. The van der Waals surface area contributed by atoms with E-state index in [9.17, 15) is 0 Å². The normalized spacial score (nSPS) is 12.5. The Hall–Kier alpha value is -1.28. The fourth-order valence-corrected chi connectivity index (χ4v) is 1.45. The lowest BCUT2D eigenvalue weighted by atomic mass is 10.1. The molecule has 94 valence electrons. The van der Waals surface area contributed by atoms with Crippen molar-refractivity contribution in [2.75, 3.05) is 6.61 Å². The van der Waals surface area contributed by atoms with Gasteiger partial charge in [0.05, 0.1) is 0 Å². The highest BCUT2D eigenvalue weighted by atomic mass is 16.5. The van der Waals surface area contributed by atoms with Crippen molar-refractivity contribution in [2.45, 2.75) is 33.4 Å². The lowest BCUT2D eigenvalue weighted by molar-refractivity contribution is 0.354. The van der Waals surface area contributed by atoms with Crippen LogP contribution in [-0.4, -0.2) is 12.6 Å². The zero-order chi connectivity index (χ0) is 12.7. The number of benzene rings is 1. The summed E-state index contributed by atoms with van der Waals surface area (Å²) in [5, 5.41) is 3.51. The number of para-hydroxylation sites is 1. The Labute approximate surface area is 105 Å². The number of hydrogen-bond donors (Lipinski definition) is 1. The minimum absolute atomic E-state index is 0.502. The Morgan fingerprint density at radius 1 is 1.29 bits per heavy atom. The van der Waals surface area contributed by atoms with Crippen molar-refractivity contribution < 1.29 is 4.74 Å². The molecule has 1 N–H and O–H groups in total. The Bertz CT molecular complexity index is 347. The van der Waals surface area contributed by atoms with Gasteiger partial charge in [-0.2, -0.15) is 0 Å². The Kier molecular flexibility index (Phi) is 5.78. The van der Waals surface area contributed by atoms with Crippen molar-refractivity contribution in [3.8, 4) is 5.75 Å². The maximum atomic E-state index is 5.62. The van der Waals surface area contributed by atoms with E-state index in [0.29, 0.717) is 18.6 Å². The highest BCUT2D eigenvalue weighted by molar-refractivity contribution is 5.33. The Morgan fingerprint density at radius 3 is 2.65 bits per heavy atom. The van der Waals surface area contributed by atoms with Gasteiger partial charge in [0.25, 0.3) is 0 Å². The van der Waals surface area contributed by atoms with E-state index in [0.717, 1.165) is 12.3 Å². The highest BCUT2D eigenvalue weighted by Crippen LogP contribution is 2.18. The van der Waals surface area contributed by atoms with Crippen molar-refractivity contribution in [1.82, 2.24) is 5.32 Å². The summed E-state index contributed by atoms with van der Waals surface area (Å²) in [5.74, 6) is 1.58.